The molecule has 0 saturated carbocycles. The lowest BCUT2D eigenvalue weighted by Gasteiger charge is -2.25. The van der Waals surface area contributed by atoms with Gasteiger partial charge in [0, 0.05) is 6.54 Å². The Morgan fingerprint density at radius 1 is 1.25 bits per heavy atom. The van der Waals surface area contributed by atoms with Crippen LogP contribution in [0.25, 0.3) is 0 Å². The van der Waals surface area contributed by atoms with Gasteiger partial charge in [0.25, 0.3) is 0 Å². The fourth-order valence-corrected chi connectivity index (χ4v) is 4.06. The maximum Gasteiger partial charge on any atom is 0.243 e. The van der Waals surface area contributed by atoms with Crippen molar-refractivity contribution in [3.8, 4) is 0 Å². The van der Waals surface area contributed by atoms with Crippen LogP contribution in [0.3, 0.4) is 0 Å². The summed E-state index contributed by atoms with van der Waals surface area (Å²) in [6, 6.07) is 8.63. The first-order valence-corrected chi connectivity index (χ1v) is 6.80. The molecule has 2 atom stereocenters. The molecule has 0 aliphatic carbocycles. The van der Waals surface area contributed by atoms with Crippen LogP contribution in [0.2, 0.25) is 0 Å². The van der Waals surface area contributed by atoms with E-state index in [1.54, 1.807) is 28.6 Å². The fraction of sp³-hybridized carbons (Fsp3) is 0.455. The van der Waals surface area contributed by atoms with Gasteiger partial charge in [-0.15, -0.1) is 0 Å². The predicted molar refractivity (Wildman–Crippen MR) is 58.5 cm³/mol. The van der Waals surface area contributed by atoms with Crippen LogP contribution in [0.5, 0.6) is 0 Å². The molecular weight excluding hydrogens is 226 g/mol. The Balaban J connectivity index is 1.95. The highest BCUT2D eigenvalue weighted by atomic mass is 32.2. The first kappa shape index (κ1) is 10.3. The van der Waals surface area contributed by atoms with Crippen molar-refractivity contribution in [3.63, 3.8) is 0 Å². The molecular formula is C11H13NO3S. The average molecular weight is 239 g/mol. The molecule has 0 amide bonds. The monoisotopic (exact) mass is 239 g/mol. The lowest BCUT2D eigenvalue weighted by molar-refractivity contribution is 0.0608. The molecule has 16 heavy (non-hydrogen) atoms. The quantitative estimate of drug-likeness (QED) is 0.768. The molecule has 3 rings (SSSR count). The number of benzene rings is 1. The standard InChI is InChI=1S/C11H13NO3S/c13-16(14,11-4-2-1-3-5-11)12-7-10-6-9(12)8-15-10/h1-5,9-10H,6-8H2/t9-,10-/m0/s1. The first-order valence-electron chi connectivity index (χ1n) is 5.36. The van der Waals surface area contributed by atoms with Gasteiger partial charge >= 0.3 is 0 Å². The van der Waals surface area contributed by atoms with Crippen LogP contribution in [0.4, 0.5) is 0 Å². The van der Waals surface area contributed by atoms with Gasteiger partial charge in [-0.25, -0.2) is 8.42 Å². The molecule has 2 heterocycles. The van der Waals surface area contributed by atoms with Crippen LogP contribution >= 0.6 is 0 Å². The minimum atomic E-state index is -3.32. The molecule has 1 aromatic rings. The molecule has 2 fully saturated rings. The topological polar surface area (TPSA) is 46.6 Å². The van der Waals surface area contributed by atoms with Crippen molar-refractivity contribution in [1.82, 2.24) is 4.31 Å². The maximum absolute atomic E-state index is 12.3. The number of morpholine rings is 1. The van der Waals surface area contributed by atoms with Crippen LogP contribution in [-0.2, 0) is 14.8 Å². The van der Waals surface area contributed by atoms with Gasteiger partial charge in [-0.1, -0.05) is 18.2 Å². The summed E-state index contributed by atoms with van der Waals surface area (Å²) in [6.07, 6.45) is 0.940. The molecule has 0 aromatic heterocycles. The van der Waals surface area contributed by atoms with Crippen molar-refractivity contribution in [2.75, 3.05) is 13.2 Å². The van der Waals surface area contributed by atoms with E-state index in [4.69, 9.17) is 4.74 Å². The van der Waals surface area contributed by atoms with E-state index in [0.717, 1.165) is 6.42 Å². The van der Waals surface area contributed by atoms with Gasteiger partial charge in [0.2, 0.25) is 10.0 Å². The lowest BCUT2D eigenvalue weighted by atomic mass is 10.3. The third-order valence-corrected chi connectivity index (χ3v) is 5.13. The second kappa shape index (κ2) is 3.55. The van der Waals surface area contributed by atoms with Gasteiger partial charge in [-0.05, 0) is 18.6 Å². The summed E-state index contributed by atoms with van der Waals surface area (Å²) in [4.78, 5) is 0.377. The van der Waals surface area contributed by atoms with Crippen molar-refractivity contribution < 1.29 is 13.2 Å². The summed E-state index contributed by atoms with van der Waals surface area (Å²) in [5.41, 5.74) is 0. The van der Waals surface area contributed by atoms with Crippen molar-refractivity contribution in [1.29, 1.82) is 0 Å². The summed E-state index contributed by atoms with van der Waals surface area (Å²) in [5, 5.41) is 0. The smallest absolute Gasteiger partial charge is 0.243 e. The van der Waals surface area contributed by atoms with Gasteiger partial charge in [-0.2, -0.15) is 4.31 Å². The number of hydrogen-bond acceptors (Lipinski definition) is 3. The second-order valence-electron chi connectivity index (χ2n) is 4.23. The Labute approximate surface area is 94.9 Å². The van der Waals surface area contributed by atoms with E-state index >= 15 is 0 Å². The van der Waals surface area contributed by atoms with E-state index in [1.807, 2.05) is 6.07 Å². The molecule has 2 aliphatic heterocycles. The Hall–Kier alpha value is -0.910. The van der Waals surface area contributed by atoms with E-state index < -0.39 is 10.0 Å². The lowest BCUT2D eigenvalue weighted by Crippen LogP contribution is -2.41. The second-order valence-corrected chi connectivity index (χ2v) is 6.12. The van der Waals surface area contributed by atoms with Crippen molar-refractivity contribution in [3.05, 3.63) is 30.3 Å². The molecule has 0 radical (unpaired) electrons. The van der Waals surface area contributed by atoms with E-state index in [9.17, 15) is 8.42 Å². The van der Waals surface area contributed by atoms with Gasteiger partial charge in [0.05, 0.1) is 23.6 Å². The van der Waals surface area contributed by atoms with Gasteiger partial charge < -0.3 is 4.74 Å². The third-order valence-electron chi connectivity index (χ3n) is 3.20. The first-order chi connectivity index (χ1) is 7.68. The van der Waals surface area contributed by atoms with Gasteiger partial charge in [-0.3, -0.25) is 0 Å². The van der Waals surface area contributed by atoms with E-state index in [2.05, 4.69) is 0 Å². The molecule has 0 spiro atoms. The predicted octanol–water partition coefficient (Wildman–Crippen LogP) is 0.848. The minimum absolute atomic E-state index is 0.0372. The number of rotatable bonds is 2. The van der Waals surface area contributed by atoms with Crippen LogP contribution in [0, 0.1) is 0 Å². The maximum atomic E-state index is 12.3. The highest BCUT2D eigenvalue weighted by Crippen LogP contribution is 2.32. The number of fused-ring (bicyclic) bond motifs is 2. The third kappa shape index (κ3) is 1.47. The van der Waals surface area contributed by atoms with Gasteiger partial charge in [0.1, 0.15) is 0 Å². The highest BCUT2D eigenvalue weighted by molar-refractivity contribution is 7.89. The molecule has 5 heteroatoms. The van der Waals surface area contributed by atoms with E-state index in [0.29, 0.717) is 18.0 Å². The molecule has 86 valence electrons. The molecule has 2 aliphatic rings. The zero-order valence-electron chi connectivity index (χ0n) is 8.74. The Morgan fingerprint density at radius 2 is 2.00 bits per heavy atom. The van der Waals surface area contributed by atoms with Crippen molar-refractivity contribution in [2.45, 2.75) is 23.5 Å². The Morgan fingerprint density at radius 3 is 2.56 bits per heavy atom. The number of ether oxygens (including phenoxy) is 1. The zero-order valence-corrected chi connectivity index (χ0v) is 9.56. The zero-order chi connectivity index (χ0) is 11.2. The van der Waals surface area contributed by atoms with E-state index in [1.165, 1.54) is 0 Å². The van der Waals surface area contributed by atoms with Gasteiger partial charge in [0.15, 0.2) is 0 Å². The van der Waals surface area contributed by atoms with Crippen LogP contribution in [0.15, 0.2) is 35.2 Å². The molecule has 2 bridgehead atoms. The number of nitrogens with zero attached hydrogens (tertiary/aromatic N) is 1. The Bertz CT molecular complexity index is 485. The summed E-state index contributed by atoms with van der Waals surface area (Å²) in [7, 11) is -3.32. The largest absolute Gasteiger partial charge is 0.375 e. The van der Waals surface area contributed by atoms with Crippen molar-refractivity contribution in [2.24, 2.45) is 0 Å². The summed E-state index contributed by atoms with van der Waals surface area (Å²) < 4.78 is 31.6. The fourth-order valence-electron chi connectivity index (χ4n) is 2.39. The SMILES string of the molecule is O=S(=O)(c1ccccc1)N1C[C@@H]2C[C@H]1CO2. The molecule has 0 unspecified atom stereocenters. The Kier molecular flexibility index (Phi) is 2.27. The number of sulfonamides is 1. The number of hydrogen-bond donors (Lipinski definition) is 0. The summed E-state index contributed by atoms with van der Waals surface area (Å²) >= 11 is 0. The van der Waals surface area contributed by atoms with E-state index in [-0.39, 0.29) is 12.1 Å². The normalized spacial score (nSPS) is 29.8. The van der Waals surface area contributed by atoms with Crippen LogP contribution in [-0.4, -0.2) is 38.0 Å². The van der Waals surface area contributed by atoms with Crippen LogP contribution in [0.1, 0.15) is 6.42 Å². The molecule has 2 saturated heterocycles. The van der Waals surface area contributed by atoms with Crippen LogP contribution < -0.4 is 0 Å². The summed E-state index contributed by atoms with van der Waals surface area (Å²) in [5.74, 6) is 0. The molecule has 0 N–H and O–H groups in total. The summed E-state index contributed by atoms with van der Waals surface area (Å²) in [6.45, 7) is 1.04. The highest BCUT2D eigenvalue weighted by Gasteiger charge is 2.45. The average Bonchev–Trinajstić information content (AvgIpc) is 2.92. The molecule has 4 nitrogen and oxygen atoms in total. The van der Waals surface area contributed by atoms with Crippen molar-refractivity contribution >= 4 is 10.0 Å². The minimum Gasteiger partial charge on any atom is -0.375 e. The molecule has 1 aromatic carbocycles.